The smallest absolute Gasteiger partial charge is 0.337 e. The topological polar surface area (TPSA) is 138 Å². The van der Waals surface area contributed by atoms with Gasteiger partial charge in [-0.15, -0.1) is 0 Å². The van der Waals surface area contributed by atoms with Crippen LogP contribution in [0.5, 0.6) is 0 Å². The molecule has 2 N–H and O–H groups in total. The Kier molecular flexibility index (Phi) is 9.40. The molecule has 1 aliphatic rings. The van der Waals surface area contributed by atoms with Crippen LogP contribution in [0.1, 0.15) is 72.2 Å². The van der Waals surface area contributed by atoms with Gasteiger partial charge in [-0.05, 0) is 67.1 Å². The van der Waals surface area contributed by atoms with Crippen molar-refractivity contribution in [2.45, 2.75) is 58.0 Å². The molecule has 0 spiro atoms. The maximum atomic E-state index is 14.6. The lowest BCUT2D eigenvalue weighted by atomic mass is 10.1. The summed E-state index contributed by atoms with van der Waals surface area (Å²) in [7, 11) is 1.37. The second-order valence-corrected chi connectivity index (χ2v) is 12.0. The summed E-state index contributed by atoms with van der Waals surface area (Å²) in [5, 5.41) is 7.55. The van der Waals surface area contributed by atoms with Crippen molar-refractivity contribution < 1.29 is 14.3 Å². The summed E-state index contributed by atoms with van der Waals surface area (Å²) in [6.45, 7) is 3.76. The quantitative estimate of drug-likeness (QED) is 0.163. The normalized spacial score (nSPS) is 15.3. The number of aromatic nitrogens is 6. The third kappa shape index (κ3) is 6.52. The van der Waals surface area contributed by atoms with Crippen LogP contribution in [-0.2, 0) is 22.6 Å². The molecule has 49 heavy (non-hydrogen) atoms. The molecule has 0 bridgehead atoms. The van der Waals surface area contributed by atoms with Crippen LogP contribution < -0.4 is 16.2 Å². The van der Waals surface area contributed by atoms with Gasteiger partial charge >= 0.3 is 5.97 Å². The fraction of sp³-hybridized carbons (Fsp3) is 0.297. The number of imidazole rings is 1. The zero-order valence-electron chi connectivity index (χ0n) is 27.5. The molecule has 12 nitrogen and oxygen atoms in total. The van der Waals surface area contributed by atoms with Gasteiger partial charge in [0.15, 0.2) is 17.0 Å². The average Bonchev–Trinajstić information content (AvgIpc) is 3.59. The van der Waals surface area contributed by atoms with Gasteiger partial charge in [-0.3, -0.25) is 13.9 Å². The Hall–Kier alpha value is -5.46. The van der Waals surface area contributed by atoms with Crippen molar-refractivity contribution >= 4 is 33.9 Å². The van der Waals surface area contributed by atoms with Gasteiger partial charge in [0.1, 0.15) is 18.4 Å². The lowest BCUT2D eigenvalue weighted by molar-refractivity contribution is -0.0298. The molecule has 6 aromatic rings. The number of nitrogens with zero attached hydrogens (tertiary/aromatic N) is 6. The molecule has 1 aliphatic heterocycles. The third-order valence-corrected chi connectivity index (χ3v) is 8.90. The fourth-order valence-corrected chi connectivity index (χ4v) is 6.37. The van der Waals surface area contributed by atoms with E-state index >= 15 is 0 Å². The van der Waals surface area contributed by atoms with E-state index in [-0.39, 0.29) is 23.8 Å². The van der Waals surface area contributed by atoms with Crippen LogP contribution in [0.4, 0.5) is 5.82 Å². The minimum absolute atomic E-state index is 0.107. The monoisotopic (exact) mass is 658 g/mol. The fourth-order valence-electron chi connectivity index (χ4n) is 6.37. The molecular formula is C37H38N8O4. The zero-order chi connectivity index (χ0) is 33.7. The molecule has 1 saturated heterocycles. The third-order valence-electron chi connectivity index (χ3n) is 8.90. The summed E-state index contributed by atoms with van der Waals surface area (Å²) in [5.41, 5.74) is 4.85. The Morgan fingerprint density at radius 1 is 1.00 bits per heavy atom. The Morgan fingerprint density at radius 3 is 2.59 bits per heavy atom. The Labute approximate surface area is 283 Å². The second-order valence-electron chi connectivity index (χ2n) is 12.0. The first-order chi connectivity index (χ1) is 24.1. The van der Waals surface area contributed by atoms with Crippen LogP contribution in [0.2, 0.25) is 0 Å². The molecule has 4 heterocycles. The standard InChI is InChI=1S/C37H38N8O4/c1-3-28(42-33-32-35(40-22-39-33)44(23-41-32)30-14-7-8-19-49-30)34-43-29-13-9-10-26(31(29)36(46)45(34)27-11-5-4-6-12-27)21-38-20-24-15-17-25(18-16-24)37(47)48-2/h4-6,9-13,15-18,22-23,28,30,38H,3,7-8,14,19-21H2,1-2H3,(H,39,40,42)/t28-,30?/m0/s1. The van der Waals surface area contributed by atoms with Gasteiger partial charge in [0.25, 0.3) is 5.56 Å². The van der Waals surface area contributed by atoms with E-state index in [1.165, 1.54) is 13.4 Å². The molecule has 0 radical (unpaired) electrons. The number of fused-ring (bicyclic) bond motifs is 2. The van der Waals surface area contributed by atoms with E-state index in [1.807, 2.05) is 72.2 Å². The number of methoxy groups -OCH3 is 1. The van der Waals surface area contributed by atoms with Crippen LogP contribution in [0.3, 0.4) is 0 Å². The van der Waals surface area contributed by atoms with E-state index in [0.717, 1.165) is 36.1 Å². The molecule has 3 aromatic heterocycles. The van der Waals surface area contributed by atoms with Gasteiger partial charge in [-0.25, -0.2) is 24.7 Å². The molecule has 3 aromatic carbocycles. The molecule has 7 rings (SSSR count). The van der Waals surface area contributed by atoms with Gasteiger partial charge in [0.2, 0.25) is 0 Å². The lowest BCUT2D eigenvalue weighted by Gasteiger charge is -2.24. The largest absolute Gasteiger partial charge is 0.465 e. The maximum absolute atomic E-state index is 14.6. The number of rotatable bonds is 11. The highest BCUT2D eigenvalue weighted by Gasteiger charge is 2.25. The number of carbonyl (C=O) groups is 1. The molecule has 250 valence electrons. The second kappa shape index (κ2) is 14.3. The highest BCUT2D eigenvalue weighted by atomic mass is 16.5. The van der Waals surface area contributed by atoms with Gasteiger partial charge in [0, 0.05) is 19.7 Å². The van der Waals surface area contributed by atoms with E-state index < -0.39 is 0 Å². The van der Waals surface area contributed by atoms with Crippen molar-refractivity contribution in [2.24, 2.45) is 0 Å². The highest BCUT2D eigenvalue weighted by Crippen LogP contribution is 2.30. The summed E-state index contributed by atoms with van der Waals surface area (Å²) in [6, 6.07) is 22.2. The maximum Gasteiger partial charge on any atom is 0.337 e. The number of carbonyl (C=O) groups excluding carboxylic acids is 1. The van der Waals surface area contributed by atoms with E-state index in [9.17, 15) is 9.59 Å². The van der Waals surface area contributed by atoms with E-state index in [4.69, 9.17) is 14.5 Å². The van der Waals surface area contributed by atoms with E-state index in [0.29, 0.717) is 65.4 Å². The molecular weight excluding hydrogens is 620 g/mol. The molecule has 1 fully saturated rings. The van der Waals surface area contributed by atoms with Crippen molar-refractivity contribution in [2.75, 3.05) is 19.0 Å². The predicted octanol–water partition coefficient (Wildman–Crippen LogP) is 5.86. The molecule has 12 heteroatoms. The number of nitrogens with one attached hydrogen (secondary N) is 2. The van der Waals surface area contributed by atoms with Crippen molar-refractivity contribution in [3.05, 3.63) is 118 Å². The number of esters is 1. The van der Waals surface area contributed by atoms with Crippen LogP contribution in [0.15, 0.2) is 90.2 Å². The van der Waals surface area contributed by atoms with Gasteiger partial charge in [-0.2, -0.15) is 0 Å². The SMILES string of the molecule is CC[C@H](Nc1ncnc2c1ncn2C1CCCCO1)c1nc2cccc(CNCc3ccc(C(=O)OC)cc3)c2c(=O)n1-c1ccccc1. The summed E-state index contributed by atoms with van der Waals surface area (Å²) in [4.78, 5) is 45.3. The average molecular weight is 659 g/mol. The van der Waals surface area contributed by atoms with Gasteiger partial charge in [0.05, 0.1) is 41.6 Å². The van der Waals surface area contributed by atoms with Crippen LogP contribution in [0.25, 0.3) is 27.8 Å². The minimum Gasteiger partial charge on any atom is -0.465 e. The van der Waals surface area contributed by atoms with E-state index in [2.05, 4.69) is 25.6 Å². The number of para-hydroxylation sites is 1. The number of anilines is 1. The Balaban J connectivity index is 1.22. The van der Waals surface area contributed by atoms with Crippen molar-refractivity contribution in [1.82, 2.24) is 34.4 Å². The molecule has 0 amide bonds. The Morgan fingerprint density at radius 2 is 1.84 bits per heavy atom. The number of hydrogen-bond donors (Lipinski definition) is 2. The molecule has 2 atom stereocenters. The highest BCUT2D eigenvalue weighted by molar-refractivity contribution is 5.89. The van der Waals surface area contributed by atoms with Crippen LogP contribution in [0, 0.1) is 0 Å². The van der Waals surface area contributed by atoms with Crippen molar-refractivity contribution in [3.8, 4) is 5.69 Å². The first kappa shape index (κ1) is 32.1. The molecule has 1 unspecified atom stereocenters. The van der Waals surface area contributed by atoms with Crippen molar-refractivity contribution in [3.63, 3.8) is 0 Å². The van der Waals surface area contributed by atoms with Crippen molar-refractivity contribution in [1.29, 1.82) is 0 Å². The van der Waals surface area contributed by atoms with Crippen LogP contribution in [-0.4, -0.2) is 48.8 Å². The Bertz CT molecular complexity index is 2140. The molecule has 0 aliphatic carbocycles. The number of ether oxygens (including phenoxy) is 2. The summed E-state index contributed by atoms with van der Waals surface area (Å²) in [6.07, 6.45) is 6.86. The number of hydrogen-bond acceptors (Lipinski definition) is 10. The number of benzene rings is 3. The summed E-state index contributed by atoms with van der Waals surface area (Å²) in [5.74, 6) is 0.768. The minimum atomic E-state index is -0.374. The van der Waals surface area contributed by atoms with Crippen LogP contribution >= 0.6 is 0 Å². The first-order valence-corrected chi connectivity index (χ1v) is 16.6. The molecule has 0 saturated carbocycles. The zero-order valence-corrected chi connectivity index (χ0v) is 27.5. The summed E-state index contributed by atoms with van der Waals surface area (Å²) >= 11 is 0. The van der Waals surface area contributed by atoms with Gasteiger partial charge in [-0.1, -0.05) is 49.4 Å². The first-order valence-electron chi connectivity index (χ1n) is 16.6. The van der Waals surface area contributed by atoms with Gasteiger partial charge < -0.3 is 20.1 Å². The summed E-state index contributed by atoms with van der Waals surface area (Å²) < 4.78 is 14.5. The lowest BCUT2D eigenvalue weighted by Crippen LogP contribution is -2.29. The predicted molar refractivity (Wildman–Crippen MR) is 186 cm³/mol. The van der Waals surface area contributed by atoms with E-state index in [1.54, 1.807) is 23.0 Å².